The first-order valence-electron chi connectivity index (χ1n) is 7.92. The van der Waals surface area contributed by atoms with Crippen LogP contribution in [0.5, 0.6) is 0 Å². The number of halogens is 7. The molecule has 0 aromatic carbocycles. The summed E-state index contributed by atoms with van der Waals surface area (Å²) >= 11 is 6.02. The summed E-state index contributed by atoms with van der Waals surface area (Å²) in [4.78, 5) is 9.23. The van der Waals surface area contributed by atoms with Crippen molar-refractivity contribution in [3.05, 3.63) is 58.0 Å². The molecular weight excluding hydrogens is 412 g/mol. The highest BCUT2D eigenvalue weighted by Gasteiger charge is 2.48. The third-order valence-electron chi connectivity index (χ3n) is 4.57. The van der Waals surface area contributed by atoms with Crippen LogP contribution in [-0.2, 0) is 10.3 Å². The van der Waals surface area contributed by atoms with Crippen LogP contribution < -0.4 is 0 Å². The fourth-order valence-electron chi connectivity index (χ4n) is 3.52. The van der Waals surface area contributed by atoms with Gasteiger partial charge in [0.25, 0.3) is 0 Å². The summed E-state index contributed by atoms with van der Waals surface area (Å²) in [7, 11) is 0. The Balaban J connectivity index is 1.85. The number of nitrogens with zero attached hydrogens (tertiary/aromatic N) is 3. The number of alkyl halides is 5. The van der Waals surface area contributed by atoms with Gasteiger partial charge >= 0.3 is 12.8 Å². The zero-order valence-corrected chi connectivity index (χ0v) is 14.5. The number of fused-ring (bicyclic) bond motifs is 3. The molecule has 0 saturated carbocycles. The van der Waals surface area contributed by atoms with Crippen molar-refractivity contribution in [3.63, 3.8) is 0 Å². The number of allylic oxidation sites excluding steroid dienone is 2. The standard InChI is InChI=1S/C17H10ClF6N3O/c18-13-10-4-9(19)5-16(11(10)1-2-25-13)7-27-6-8(17(22,23)24)3-12(14(27)26-16)28-15(20)21/h1-4,6,15H,5,7H2/t16-/m1/s1. The zero-order valence-electron chi connectivity index (χ0n) is 13.8. The first kappa shape index (κ1) is 18.9. The van der Waals surface area contributed by atoms with E-state index < -0.39 is 35.5 Å². The van der Waals surface area contributed by atoms with Gasteiger partial charge in [0.1, 0.15) is 16.5 Å². The molecular formula is C17H10ClF6N3O. The molecule has 0 bridgehead atoms. The fraction of sp³-hybridized carbons (Fsp3) is 0.294. The minimum Gasteiger partial charge on any atom is -0.431 e. The van der Waals surface area contributed by atoms with Gasteiger partial charge in [-0.25, -0.2) is 9.37 Å². The second-order valence-electron chi connectivity index (χ2n) is 6.40. The van der Waals surface area contributed by atoms with Crippen molar-refractivity contribution in [1.82, 2.24) is 9.88 Å². The van der Waals surface area contributed by atoms with E-state index in [1.807, 2.05) is 0 Å². The van der Waals surface area contributed by atoms with Gasteiger partial charge in [-0.3, -0.25) is 4.99 Å². The molecule has 0 saturated heterocycles. The highest BCUT2D eigenvalue weighted by atomic mass is 35.5. The van der Waals surface area contributed by atoms with Crippen molar-refractivity contribution in [1.29, 1.82) is 0 Å². The first-order chi connectivity index (χ1) is 13.1. The van der Waals surface area contributed by atoms with Gasteiger partial charge in [0.05, 0.1) is 12.1 Å². The van der Waals surface area contributed by atoms with Crippen molar-refractivity contribution < 1.29 is 31.1 Å². The lowest BCUT2D eigenvalue weighted by atomic mass is 9.81. The zero-order chi connectivity index (χ0) is 20.3. The average molecular weight is 422 g/mol. The first-order valence-corrected chi connectivity index (χ1v) is 8.30. The maximum atomic E-state index is 14.3. The highest BCUT2D eigenvalue weighted by molar-refractivity contribution is 6.31. The Labute approximate surface area is 159 Å². The van der Waals surface area contributed by atoms with Crippen molar-refractivity contribution in [2.45, 2.75) is 24.7 Å². The largest absolute Gasteiger partial charge is 0.431 e. The van der Waals surface area contributed by atoms with Crippen LogP contribution in [0.2, 0.25) is 5.15 Å². The third kappa shape index (κ3) is 3.05. The van der Waals surface area contributed by atoms with Gasteiger partial charge in [-0.2, -0.15) is 22.0 Å². The van der Waals surface area contributed by atoms with Crippen LogP contribution in [0, 0.1) is 0 Å². The number of rotatable bonds is 2. The molecule has 0 N–H and O–H groups in total. The monoisotopic (exact) mass is 421 g/mol. The molecule has 0 radical (unpaired) electrons. The molecule has 3 heterocycles. The average Bonchev–Trinajstić information content (AvgIpc) is 2.93. The maximum absolute atomic E-state index is 14.3. The number of ether oxygens (including phenoxy) is 1. The van der Waals surface area contributed by atoms with E-state index in [9.17, 15) is 26.3 Å². The molecule has 0 fully saturated rings. The van der Waals surface area contributed by atoms with Crippen molar-refractivity contribution in [3.8, 4) is 0 Å². The number of pyridine rings is 1. The van der Waals surface area contributed by atoms with Crippen LogP contribution >= 0.6 is 11.6 Å². The molecule has 11 heteroatoms. The van der Waals surface area contributed by atoms with E-state index in [4.69, 9.17) is 11.6 Å². The van der Waals surface area contributed by atoms with Gasteiger partial charge < -0.3 is 9.64 Å². The number of hydrogen-bond acceptors (Lipinski definition) is 4. The quantitative estimate of drug-likeness (QED) is 0.501. The molecule has 0 amide bonds. The van der Waals surface area contributed by atoms with Gasteiger partial charge in [-0.1, -0.05) is 11.6 Å². The molecule has 4 rings (SSSR count). The SMILES string of the molecule is FC1=Cc2c(ccnc2Cl)[C@@]2(C1)CN1C=C(C(F)(F)F)C=C(OC(F)F)C1=N2. The summed E-state index contributed by atoms with van der Waals surface area (Å²) in [6.07, 6.45) is -1.32. The second kappa shape index (κ2) is 6.26. The molecule has 1 aromatic heterocycles. The Kier molecular flexibility index (Phi) is 4.22. The van der Waals surface area contributed by atoms with Crippen LogP contribution in [0.3, 0.4) is 0 Å². The van der Waals surface area contributed by atoms with Crippen molar-refractivity contribution in [2.75, 3.05) is 6.54 Å². The van der Waals surface area contributed by atoms with Crippen molar-refractivity contribution in [2.24, 2.45) is 4.99 Å². The minimum atomic E-state index is -4.79. The van der Waals surface area contributed by atoms with E-state index in [-0.39, 0.29) is 29.5 Å². The molecule has 2 aliphatic heterocycles. The van der Waals surface area contributed by atoms with Crippen molar-refractivity contribution >= 4 is 23.5 Å². The Morgan fingerprint density at radius 1 is 1.25 bits per heavy atom. The topological polar surface area (TPSA) is 37.7 Å². The lowest BCUT2D eigenvalue weighted by molar-refractivity contribution is -0.0981. The molecule has 1 atom stereocenters. The summed E-state index contributed by atoms with van der Waals surface area (Å²) in [5.74, 6) is -1.58. The molecule has 1 spiro atoms. The minimum absolute atomic E-state index is 0.00270. The van der Waals surface area contributed by atoms with E-state index in [2.05, 4.69) is 14.7 Å². The van der Waals surface area contributed by atoms with Gasteiger partial charge in [-0.15, -0.1) is 0 Å². The highest BCUT2D eigenvalue weighted by Crippen LogP contribution is 2.47. The molecule has 4 nitrogen and oxygen atoms in total. The number of hydrogen-bond donors (Lipinski definition) is 0. The third-order valence-corrected chi connectivity index (χ3v) is 4.88. The summed E-state index contributed by atoms with van der Waals surface area (Å²) in [6.45, 7) is -3.56. The van der Waals surface area contributed by atoms with E-state index in [0.717, 1.165) is 11.1 Å². The normalized spacial score (nSPS) is 23.8. The fourth-order valence-corrected chi connectivity index (χ4v) is 3.74. The molecule has 28 heavy (non-hydrogen) atoms. The second-order valence-corrected chi connectivity index (χ2v) is 6.75. The maximum Gasteiger partial charge on any atom is 0.417 e. The molecule has 1 aromatic rings. The summed E-state index contributed by atoms with van der Waals surface area (Å²) < 4.78 is 83.6. The lowest BCUT2D eigenvalue weighted by Gasteiger charge is -2.32. The summed E-state index contributed by atoms with van der Waals surface area (Å²) in [6, 6.07) is 1.53. The number of amidine groups is 1. The number of aliphatic imine (C=N–C) groups is 1. The van der Waals surface area contributed by atoms with Gasteiger partial charge in [0, 0.05) is 24.4 Å². The Bertz CT molecular complexity index is 968. The molecule has 148 valence electrons. The van der Waals surface area contributed by atoms with Crippen LogP contribution in [0.4, 0.5) is 26.3 Å². The lowest BCUT2D eigenvalue weighted by Crippen LogP contribution is -2.36. The summed E-state index contributed by atoms with van der Waals surface area (Å²) in [5, 5.41) is 0.00270. The summed E-state index contributed by atoms with van der Waals surface area (Å²) in [5.41, 5.74) is -1.84. The molecule has 3 aliphatic rings. The van der Waals surface area contributed by atoms with E-state index in [0.29, 0.717) is 11.6 Å². The Morgan fingerprint density at radius 2 is 2.00 bits per heavy atom. The van der Waals surface area contributed by atoms with Gasteiger partial charge in [0.2, 0.25) is 0 Å². The molecule has 0 unspecified atom stereocenters. The van der Waals surface area contributed by atoms with Crippen LogP contribution in [0.1, 0.15) is 17.5 Å². The van der Waals surface area contributed by atoms with E-state index in [1.165, 1.54) is 18.3 Å². The molecule has 1 aliphatic carbocycles. The van der Waals surface area contributed by atoms with E-state index >= 15 is 0 Å². The predicted molar refractivity (Wildman–Crippen MR) is 88.1 cm³/mol. The van der Waals surface area contributed by atoms with Crippen LogP contribution in [-0.4, -0.2) is 35.1 Å². The van der Waals surface area contributed by atoms with Crippen LogP contribution in [0.25, 0.3) is 6.08 Å². The Morgan fingerprint density at radius 3 is 2.68 bits per heavy atom. The number of aromatic nitrogens is 1. The smallest absolute Gasteiger partial charge is 0.417 e. The Hall–Kier alpha value is -2.49. The predicted octanol–water partition coefficient (Wildman–Crippen LogP) is 4.94. The van der Waals surface area contributed by atoms with Gasteiger partial charge in [0.15, 0.2) is 11.6 Å². The van der Waals surface area contributed by atoms with Crippen LogP contribution in [0.15, 0.2) is 46.7 Å². The van der Waals surface area contributed by atoms with Gasteiger partial charge in [-0.05, 0) is 23.8 Å². The van der Waals surface area contributed by atoms with E-state index in [1.54, 1.807) is 0 Å².